The van der Waals surface area contributed by atoms with Crippen LogP contribution in [-0.4, -0.2) is 29.3 Å². The van der Waals surface area contributed by atoms with Gasteiger partial charge in [-0.15, -0.1) is 0 Å². The minimum atomic E-state index is -0.351. The molecular weight excluding hydrogens is 311 g/mol. The summed E-state index contributed by atoms with van der Waals surface area (Å²) in [6, 6.07) is 5.25. The number of piperidine rings is 1. The fraction of sp³-hybridized carbons (Fsp3) is 0.467. The van der Waals surface area contributed by atoms with Crippen LogP contribution < -0.4 is 5.73 Å². The van der Waals surface area contributed by atoms with Gasteiger partial charge in [0.25, 0.3) is 0 Å². The van der Waals surface area contributed by atoms with E-state index in [9.17, 15) is 9.59 Å². The summed E-state index contributed by atoms with van der Waals surface area (Å²) in [5.41, 5.74) is 5.98. The third-order valence-electron chi connectivity index (χ3n) is 3.99. The standard InChI is InChI=1S/C15H18Cl2N2O2/c1-9-5-6-10(15(18)21)8-19(9)14(20)7-11-12(16)3-2-4-13(11)17/h2-4,9-10H,5-8H2,1H3,(H2,18,21). The van der Waals surface area contributed by atoms with Crippen molar-refractivity contribution in [3.8, 4) is 0 Å². The molecule has 1 heterocycles. The Morgan fingerprint density at radius 2 is 1.90 bits per heavy atom. The van der Waals surface area contributed by atoms with Crippen molar-refractivity contribution in [2.24, 2.45) is 11.7 Å². The molecule has 1 aromatic rings. The molecule has 2 atom stereocenters. The van der Waals surface area contributed by atoms with Crippen LogP contribution in [0.25, 0.3) is 0 Å². The first-order valence-electron chi connectivity index (χ1n) is 6.91. The van der Waals surface area contributed by atoms with Crippen LogP contribution in [0.1, 0.15) is 25.3 Å². The summed E-state index contributed by atoms with van der Waals surface area (Å²) in [4.78, 5) is 25.6. The van der Waals surface area contributed by atoms with Crippen LogP contribution in [0, 0.1) is 5.92 Å². The molecule has 2 unspecified atom stereocenters. The summed E-state index contributed by atoms with van der Waals surface area (Å²) in [6.07, 6.45) is 1.64. The number of primary amides is 1. The molecule has 114 valence electrons. The van der Waals surface area contributed by atoms with E-state index in [0.717, 1.165) is 12.8 Å². The van der Waals surface area contributed by atoms with Crippen LogP contribution in [-0.2, 0) is 16.0 Å². The van der Waals surface area contributed by atoms with Crippen molar-refractivity contribution in [2.45, 2.75) is 32.2 Å². The Bertz CT molecular complexity index is 542. The van der Waals surface area contributed by atoms with Gasteiger partial charge in [-0.05, 0) is 37.5 Å². The maximum atomic E-state index is 12.5. The lowest BCUT2D eigenvalue weighted by molar-refractivity contribution is -0.136. The molecule has 0 aromatic heterocycles. The molecule has 2 rings (SSSR count). The first-order chi connectivity index (χ1) is 9.90. The van der Waals surface area contributed by atoms with Gasteiger partial charge in [-0.25, -0.2) is 0 Å². The lowest BCUT2D eigenvalue weighted by Crippen LogP contribution is -2.49. The predicted octanol–water partition coefficient (Wildman–Crippen LogP) is 2.65. The first-order valence-corrected chi connectivity index (χ1v) is 7.67. The summed E-state index contributed by atoms with van der Waals surface area (Å²) in [5, 5.41) is 0.957. The fourth-order valence-electron chi connectivity index (χ4n) is 2.64. The molecule has 0 saturated carbocycles. The molecule has 21 heavy (non-hydrogen) atoms. The van der Waals surface area contributed by atoms with Gasteiger partial charge < -0.3 is 10.6 Å². The van der Waals surface area contributed by atoms with Crippen molar-refractivity contribution in [1.82, 2.24) is 4.90 Å². The summed E-state index contributed by atoms with van der Waals surface area (Å²) >= 11 is 12.2. The highest BCUT2D eigenvalue weighted by atomic mass is 35.5. The van der Waals surface area contributed by atoms with Crippen LogP contribution >= 0.6 is 23.2 Å². The van der Waals surface area contributed by atoms with E-state index < -0.39 is 0 Å². The second-order valence-electron chi connectivity index (χ2n) is 5.45. The van der Waals surface area contributed by atoms with E-state index in [1.54, 1.807) is 23.1 Å². The van der Waals surface area contributed by atoms with Crippen LogP contribution in [0.15, 0.2) is 18.2 Å². The Morgan fingerprint density at radius 1 is 1.29 bits per heavy atom. The van der Waals surface area contributed by atoms with Crippen LogP contribution in [0.5, 0.6) is 0 Å². The second-order valence-corrected chi connectivity index (χ2v) is 6.26. The highest BCUT2D eigenvalue weighted by molar-refractivity contribution is 6.36. The van der Waals surface area contributed by atoms with Crippen molar-refractivity contribution < 1.29 is 9.59 Å². The Balaban J connectivity index is 2.13. The normalized spacial score (nSPS) is 22.1. The smallest absolute Gasteiger partial charge is 0.227 e. The van der Waals surface area contributed by atoms with E-state index in [0.29, 0.717) is 22.2 Å². The van der Waals surface area contributed by atoms with Gasteiger partial charge in [0.15, 0.2) is 0 Å². The van der Waals surface area contributed by atoms with E-state index in [1.807, 2.05) is 6.92 Å². The summed E-state index contributed by atoms with van der Waals surface area (Å²) in [6.45, 7) is 2.35. The molecule has 1 aliphatic heterocycles. The van der Waals surface area contributed by atoms with Gasteiger partial charge in [-0.2, -0.15) is 0 Å². The van der Waals surface area contributed by atoms with E-state index in [-0.39, 0.29) is 30.2 Å². The number of amides is 2. The number of rotatable bonds is 3. The molecule has 1 saturated heterocycles. The van der Waals surface area contributed by atoms with Crippen molar-refractivity contribution >= 4 is 35.0 Å². The van der Waals surface area contributed by atoms with E-state index in [2.05, 4.69) is 0 Å². The van der Waals surface area contributed by atoms with Gasteiger partial charge in [0, 0.05) is 22.6 Å². The number of halogens is 2. The summed E-state index contributed by atoms with van der Waals surface area (Å²) < 4.78 is 0. The van der Waals surface area contributed by atoms with E-state index >= 15 is 0 Å². The average Bonchev–Trinajstić information content (AvgIpc) is 2.43. The molecule has 0 bridgehead atoms. The van der Waals surface area contributed by atoms with E-state index in [4.69, 9.17) is 28.9 Å². The zero-order valence-electron chi connectivity index (χ0n) is 11.8. The first kappa shape index (κ1) is 16.1. The molecule has 0 aliphatic carbocycles. The maximum absolute atomic E-state index is 12.5. The molecule has 4 nitrogen and oxygen atoms in total. The zero-order valence-corrected chi connectivity index (χ0v) is 13.3. The van der Waals surface area contributed by atoms with E-state index in [1.165, 1.54) is 0 Å². The number of carbonyl (C=O) groups is 2. The van der Waals surface area contributed by atoms with Crippen LogP contribution in [0.2, 0.25) is 10.0 Å². The Morgan fingerprint density at radius 3 is 2.48 bits per heavy atom. The van der Waals surface area contributed by atoms with Crippen molar-refractivity contribution in [2.75, 3.05) is 6.54 Å². The number of benzene rings is 1. The average molecular weight is 329 g/mol. The van der Waals surface area contributed by atoms with Gasteiger partial charge in [0.05, 0.1) is 12.3 Å². The lowest BCUT2D eigenvalue weighted by Gasteiger charge is -2.37. The van der Waals surface area contributed by atoms with Gasteiger partial charge in [-0.1, -0.05) is 29.3 Å². The molecule has 0 radical (unpaired) electrons. The van der Waals surface area contributed by atoms with Crippen LogP contribution in [0.4, 0.5) is 0 Å². The molecule has 2 N–H and O–H groups in total. The third kappa shape index (κ3) is 3.69. The number of likely N-dealkylation sites (tertiary alicyclic amines) is 1. The highest BCUT2D eigenvalue weighted by Gasteiger charge is 2.31. The number of nitrogens with two attached hydrogens (primary N) is 1. The SMILES string of the molecule is CC1CCC(C(N)=O)CN1C(=O)Cc1c(Cl)cccc1Cl. The Hall–Kier alpha value is -1.26. The van der Waals surface area contributed by atoms with Gasteiger partial charge in [-0.3, -0.25) is 9.59 Å². The summed E-state index contributed by atoms with van der Waals surface area (Å²) in [5.74, 6) is -0.703. The Kier molecular flexibility index (Phi) is 5.12. The molecule has 1 aromatic carbocycles. The highest BCUT2D eigenvalue weighted by Crippen LogP contribution is 2.27. The number of hydrogen-bond donors (Lipinski definition) is 1. The third-order valence-corrected chi connectivity index (χ3v) is 4.70. The zero-order chi connectivity index (χ0) is 15.6. The van der Waals surface area contributed by atoms with Gasteiger partial charge >= 0.3 is 0 Å². The molecule has 1 aliphatic rings. The minimum absolute atomic E-state index is 0.0801. The molecular formula is C15H18Cl2N2O2. The van der Waals surface area contributed by atoms with Gasteiger partial charge in [0.2, 0.25) is 11.8 Å². The van der Waals surface area contributed by atoms with Gasteiger partial charge in [0.1, 0.15) is 0 Å². The van der Waals surface area contributed by atoms with Crippen molar-refractivity contribution in [1.29, 1.82) is 0 Å². The number of nitrogens with zero attached hydrogens (tertiary/aromatic N) is 1. The fourth-order valence-corrected chi connectivity index (χ4v) is 3.17. The minimum Gasteiger partial charge on any atom is -0.369 e. The van der Waals surface area contributed by atoms with Crippen molar-refractivity contribution in [3.05, 3.63) is 33.8 Å². The second kappa shape index (κ2) is 6.67. The largest absolute Gasteiger partial charge is 0.369 e. The maximum Gasteiger partial charge on any atom is 0.227 e. The van der Waals surface area contributed by atoms with Crippen molar-refractivity contribution in [3.63, 3.8) is 0 Å². The monoisotopic (exact) mass is 328 g/mol. The number of carbonyl (C=O) groups excluding carboxylic acids is 2. The molecule has 2 amide bonds. The molecule has 6 heteroatoms. The molecule has 0 spiro atoms. The predicted molar refractivity (Wildman–Crippen MR) is 83.3 cm³/mol. The quantitative estimate of drug-likeness (QED) is 0.927. The topological polar surface area (TPSA) is 63.4 Å². The van der Waals surface area contributed by atoms with Crippen LogP contribution in [0.3, 0.4) is 0 Å². The number of hydrogen-bond acceptors (Lipinski definition) is 2. The summed E-state index contributed by atoms with van der Waals surface area (Å²) in [7, 11) is 0. The lowest BCUT2D eigenvalue weighted by atomic mass is 9.92. The molecule has 1 fully saturated rings. The Labute approximate surface area is 134 Å².